The van der Waals surface area contributed by atoms with Crippen LogP contribution in [-0.4, -0.2) is 22.9 Å². The van der Waals surface area contributed by atoms with E-state index in [2.05, 4.69) is 0 Å². The second kappa shape index (κ2) is 7.30. The number of aromatic nitrogens is 1. The lowest BCUT2D eigenvalue weighted by Crippen LogP contribution is -2.15. The number of ketones is 1. The highest BCUT2D eigenvalue weighted by molar-refractivity contribution is 7.12. The Bertz CT molecular complexity index is 912. The summed E-state index contributed by atoms with van der Waals surface area (Å²) in [4.78, 5) is 25.8. The van der Waals surface area contributed by atoms with Crippen molar-refractivity contribution >= 4 is 23.1 Å². The molecular formula is C21H19NO3S. The molecule has 1 atom stereocenters. The van der Waals surface area contributed by atoms with Gasteiger partial charge in [0.05, 0.1) is 23.1 Å². The molecule has 26 heavy (non-hydrogen) atoms. The van der Waals surface area contributed by atoms with Crippen molar-refractivity contribution in [2.75, 3.05) is 6.61 Å². The van der Waals surface area contributed by atoms with Gasteiger partial charge in [0.1, 0.15) is 0 Å². The summed E-state index contributed by atoms with van der Waals surface area (Å²) in [5.41, 5.74) is 2.69. The Hall–Kier alpha value is -2.66. The van der Waals surface area contributed by atoms with Crippen molar-refractivity contribution in [2.45, 2.75) is 25.3 Å². The van der Waals surface area contributed by atoms with Crippen LogP contribution in [0.5, 0.6) is 0 Å². The fraction of sp³-hybridized carbons (Fsp3) is 0.238. The molecule has 3 heterocycles. The molecule has 0 fully saturated rings. The van der Waals surface area contributed by atoms with Crippen LogP contribution in [0.1, 0.15) is 39.0 Å². The zero-order chi connectivity index (χ0) is 17.9. The molecule has 0 bridgehead atoms. The van der Waals surface area contributed by atoms with Gasteiger partial charge in [-0.3, -0.25) is 9.59 Å². The third kappa shape index (κ3) is 3.22. The Kier molecular flexibility index (Phi) is 4.71. The van der Waals surface area contributed by atoms with Gasteiger partial charge < -0.3 is 9.30 Å². The quantitative estimate of drug-likeness (QED) is 0.489. The zero-order valence-electron chi connectivity index (χ0n) is 14.3. The van der Waals surface area contributed by atoms with Crippen LogP contribution in [-0.2, 0) is 22.5 Å². The average Bonchev–Trinajstić information content (AvgIpc) is 3.39. The number of benzene rings is 1. The van der Waals surface area contributed by atoms with Crippen LogP contribution < -0.4 is 0 Å². The summed E-state index contributed by atoms with van der Waals surface area (Å²) in [6.07, 6.45) is 1.40. The maximum Gasteiger partial charge on any atom is 0.315 e. The first kappa shape index (κ1) is 16.8. The molecule has 0 amide bonds. The summed E-state index contributed by atoms with van der Waals surface area (Å²) < 4.78 is 7.46. The fourth-order valence-corrected chi connectivity index (χ4v) is 4.10. The van der Waals surface area contributed by atoms with E-state index in [1.165, 1.54) is 11.3 Å². The third-order valence-electron chi connectivity index (χ3n) is 4.75. The Balaban J connectivity index is 1.41. The third-order valence-corrected chi connectivity index (χ3v) is 5.62. The monoisotopic (exact) mass is 365 g/mol. The summed E-state index contributed by atoms with van der Waals surface area (Å²) in [5.74, 6) is -0.465. The summed E-state index contributed by atoms with van der Waals surface area (Å²) in [5, 5.41) is 1.90. The van der Waals surface area contributed by atoms with Crippen molar-refractivity contribution in [2.24, 2.45) is 0 Å². The second-order valence-corrected chi connectivity index (χ2v) is 7.29. The van der Waals surface area contributed by atoms with E-state index in [9.17, 15) is 9.59 Å². The topological polar surface area (TPSA) is 48.3 Å². The van der Waals surface area contributed by atoms with E-state index in [-0.39, 0.29) is 17.7 Å². The normalized spacial score (nSPS) is 15.6. The second-order valence-electron chi connectivity index (χ2n) is 6.35. The van der Waals surface area contributed by atoms with Crippen molar-refractivity contribution in [1.29, 1.82) is 0 Å². The molecule has 0 saturated heterocycles. The maximum absolute atomic E-state index is 12.6. The first-order valence-corrected chi connectivity index (χ1v) is 9.60. The highest BCUT2D eigenvalue weighted by Gasteiger charge is 2.33. The average molecular weight is 365 g/mol. The van der Waals surface area contributed by atoms with Crippen molar-refractivity contribution in [3.8, 4) is 0 Å². The number of esters is 1. The van der Waals surface area contributed by atoms with Gasteiger partial charge in [0.15, 0.2) is 0 Å². The molecule has 0 N–H and O–H groups in total. The molecule has 0 spiro atoms. The predicted molar refractivity (Wildman–Crippen MR) is 101 cm³/mol. The van der Waals surface area contributed by atoms with Gasteiger partial charge in [0, 0.05) is 18.7 Å². The molecule has 0 radical (unpaired) electrons. The lowest BCUT2D eigenvalue weighted by Gasteiger charge is -2.10. The standard InChI is InChI=1S/C21H19NO3S/c23-20(19-7-4-14-26-19)18-9-8-17-16(10-12-22(17)18)21(24)25-13-11-15-5-2-1-3-6-15/h1-9,14,16H,10-13H2. The lowest BCUT2D eigenvalue weighted by molar-refractivity contribution is -0.145. The number of hydrogen-bond acceptors (Lipinski definition) is 4. The number of hydrogen-bond donors (Lipinski definition) is 0. The highest BCUT2D eigenvalue weighted by atomic mass is 32.1. The molecule has 3 aromatic rings. The molecule has 4 nitrogen and oxygen atoms in total. The summed E-state index contributed by atoms with van der Waals surface area (Å²) >= 11 is 1.44. The molecule has 1 aliphatic heterocycles. The SMILES string of the molecule is O=C(c1cccs1)c1ccc2n1CCC2C(=O)OCCc1ccccc1. The van der Waals surface area contributed by atoms with Gasteiger partial charge >= 0.3 is 5.97 Å². The van der Waals surface area contributed by atoms with Gasteiger partial charge in [-0.05, 0) is 35.6 Å². The Labute approximate surface area is 156 Å². The molecular weight excluding hydrogens is 346 g/mol. The number of thiophene rings is 1. The van der Waals surface area contributed by atoms with E-state index < -0.39 is 0 Å². The number of carbonyl (C=O) groups is 2. The number of rotatable bonds is 6. The van der Waals surface area contributed by atoms with Crippen molar-refractivity contribution < 1.29 is 14.3 Å². The molecule has 0 aliphatic carbocycles. The van der Waals surface area contributed by atoms with Crippen molar-refractivity contribution in [1.82, 2.24) is 4.57 Å². The number of carbonyl (C=O) groups excluding carboxylic acids is 2. The van der Waals surface area contributed by atoms with Crippen LogP contribution in [0.3, 0.4) is 0 Å². The highest BCUT2D eigenvalue weighted by Crippen LogP contribution is 2.32. The van der Waals surface area contributed by atoms with Gasteiger partial charge in [-0.1, -0.05) is 36.4 Å². The molecule has 5 heteroatoms. The number of nitrogens with zero attached hydrogens (tertiary/aromatic N) is 1. The van der Waals surface area contributed by atoms with Crippen LogP contribution >= 0.6 is 11.3 Å². The van der Waals surface area contributed by atoms with Crippen LogP contribution in [0.4, 0.5) is 0 Å². The predicted octanol–water partition coefficient (Wildman–Crippen LogP) is 4.05. The van der Waals surface area contributed by atoms with E-state index in [0.29, 0.717) is 31.7 Å². The molecule has 1 unspecified atom stereocenters. The zero-order valence-corrected chi connectivity index (χ0v) is 15.1. The van der Waals surface area contributed by atoms with Crippen LogP contribution in [0.2, 0.25) is 0 Å². The molecule has 1 aromatic carbocycles. The first-order valence-electron chi connectivity index (χ1n) is 8.72. The van der Waals surface area contributed by atoms with Gasteiger partial charge in [-0.25, -0.2) is 0 Å². The summed E-state index contributed by atoms with van der Waals surface area (Å²) in [7, 11) is 0. The Morgan fingerprint density at radius 1 is 1.08 bits per heavy atom. The first-order chi connectivity index (χ1) is 12.7. The molecule has 0 saturated carbocycles. The van der Waals surface area contributed by atoms with Crippen molar-refractivity contribution in [3.05, 3.63) is 81.8 Å². The minimum Gasteiger partial charge on any atom is -0.465 e. The molecule has 132 valence electrons. The van der Waals surface area contributed by atoms with Gasteiger partial charge in [-0.2, -0.15) is 0 Å². The van der Waals surface area contributed by atoms with Crippen LogP contribution in [0.15, 0.2) is 60.0 Å². The molecule has 2 aromatic heterocycles. The lowest BCUT2D eigenvalue weighted by atomic mass is 10.1. The Morgan fingerprint density at radius 2 is 1.92 bits per heavy atom. The van der Waals surface area contributed by atoms with E-state index in [1.807, 2.05) is 64.5 Å². The van der Waals surface area contributed by atoms with E-state index in [1.54, 1.807) is 0 Å². The van der Waals surface area contributed by atoms with Crippen LogP contribution in [0.25, 0.3) is 0 Å². The fourth-order valence-electron chi connectivity index (χ4n) is 3.43. The van der Waals surface area contributed by atoms with Crippen molar-refractivity contribution in [3.63, 3.8) is 0 Å². The smallest absolute Gasteiger partial charge is 0.315 e. The van der Waals surface area contributed by atoms with E-state index in [0.717, 1.165) is 16.1 Å². The van der Waals surface area contributed by atoms with Gasteiger partial charge in [-0.15, -0.1) is 11.3 Å². The summed E-state index contributed by atoms with van der Waals surface area (Å²) in [6.45, 7) is 1.05. The molecule has 4 rings (SSSR count). The summed E-state index contributed by atoms with van der Waals surface area (Å²) in [6, 6.07) is 17.4. The largest absolute Gasteiger partial charge is 0.465 e. The number of fused-ring (bicyclic) bond motifs is 1. The minimum atomic E-state index is -0.282. The molecule has 1 aliphatic rings. The van der Waals surface area contributed by atoms with Gasteiger partial charge in [0.25, 0.3) is 0 Å². The van der Waals surface area contributed by atoms with E-state index >= 15 is 0 Å². The number of ether oxygens (including phenoxy) is 1. The van der Waals surface area contributed by atoms with E-state index in [4.69, 9.17) is 4.74 Å². The van der Waals surface area contributed by atoms with Crippen LogP contribution in [0, 0.1) is 0 Å². The maximum atomic E-state index is 12.6. The van der Waals surface area contributed by atoms with Gasteiger partial charge in [0.2, 0.25) is 5.78 Å². The Morgan fingerprint density at radius 3 is 2.69 bits per heavy atom. The minimum absolute atomic E-state index is 0.0179.